The summed E-state index contributed by atoms with van der Waals surface area (Å²) in [5.41, 5.74) is 9.32. The summed E-state index contributed by atoms with van der Waals surface area (Å²) >= 11 is 1.71. The molecule has 0 fully saturated rings. The van der Waals surface area contributed by atoms with Crippen molar-refractivity contribution in [2.45, 2.75) is 26.4 Å². The van der Waals surface area contributed by atoms with Crippen LogP contribution in [0.1, 0.15) is 21.8 Å². The third kappa shape index (κ3) is 4.42. The third-order valence-electron chi connectivity index (χ3n) is 2.96. The minimum Gasteiger partial charge on any atom is -0.330 e. The zero-order valence-corrected chi connectivity index (χ0v) is 12.4. The average molecular weight is 275 g/mol. The van der Waals surface area contributed by atoms with Crippen molar-refractivity contribution in [3.05, 3.63) is 51.5 Å². The molecule has 0 saturated heterocycles. The molecule has 19 heavy (non-hydrogen) atoms. The SMILES string of the molecule is Cc1ccc(CN(C)Cc2csc(CCN)n2)cc1. The van der Waals surface area contributed by atoms with E-state index >= 15 is 0 Å². The van der Waals surface area contributed by atoms with Crippen LogP contribution in [-0.4, -0.2) is 23.5 Å². The molecular formula is C15H21N3S. The molecule has 3 nitrogen and oxygen atoms in total. The highest BCUT2D eigenvalue weighted by atomic mass is 32.1. The number of hydrogen-bond donors (Lipinski definition) is 1. The maximum absolute atomic E-state index is 5.54. The molecule has 2 N–H and O–H groups in total. The van der Waals surface area contributed by atoms with Gasteiger partial charge in [-0.25, -0.2) is 4.98 Å². The van der Waals surface area contributed by atoms with Crippen molar-refractivity contribution in [3.8, 4) is 0 Å². The number of aromatic nitrogens is 1. The van der Waals surface area contributed by atoms with E-state index in [-0.39, 0.29) is 0 Å². The van der Waals surface area contributed by atoms with Gasteiger partial charge in [0.15, 0.2) is 0 Å². The Morgan fingerprint density at radius 1 is 1.21 bits per heavy atom. The van der Waals surface area contributed by atoms with Crippen LogP contribution in [0.2, 0.25) is 0 Å². The van der Waals surface area contributed by atoms with E-state index in [9.17, 15) is 0 Å². The molecule has 0 atom stereocenters. The van der Waals surface area contributed by atoms with E-state index in [1.54, 1.807) is 11.3 Å². The summed E-state index contributed by atoms with van der Waals surface area (Å²) in [5.74, 6) is 0. The van der Waals surface area contributed by atoms with Crippen molar-refractivity contribution in [2.75, 3.05) is 13.6 Å². The second-order valence-electron chi connectivity index (χ2n) is 4.93. The van der Waals surface area contributed by atoms with Crippen LogP contribution < -0.4 is 5.73 Å². The van der Waals surface area contributed by atoms with E-state index in [1.807, 2.05) is 0 Å². The van der Waals surface area contributed by atoms with Gasteiger partial charge in [0, 0.05) is 24.9 Å². The Morgan fingerprint density at radius 3 is 2.63 bits per heavy atom. The van der Waals surface area contributed by atoms with Crippen molar-refractivity contribution in [3.63, 3.8) is 0 Å². The second-order valence-corrected chi connectivity index (χ2v) is 5.87. The lowest BCUT2D eigenvalue weighted by atomic mass is 10.1. The summed E-state index contributed by atoms with van der Waals surface area (Å²) in [4.78, 5) is 6.88. The van der Waals surface area contributed by atoms with Gasteiger partial charge in [-0.05, 0) is 26.1 Å². The fourth-order valence-electron chi connectivity index (χ4n) is 2.00. The average Bonchev–Trinajstić information content (AvgIpc) is 2.80. The zero-order chi connectivity index (χ0) is 13.7. The Kier molecular flexibility index (Phi) is 5.07. The highest BCUT2D eigenvalue weighted by Gasteiger charge is 2.05. The molecule has 1 aromatic carbocycles. The van der Waals surface area contributed by atoms with Crippen molar-refractivity contribution >= 4 is 11.3 Å². The van der Waals surface area contributed by atoms with Gasteiger partial charge in [-0.15, -0.1) is 11.3 Å². The molecule has 0 saturated carbocycles. The number of aryl methyl sites for hydroxylation is 1. The second kappa shape index (κ2) is 6.80. The van der Waals surface area contributed by atoms with Gasteiger partial charge in [0.1, 0.15) is 0 Å². The van der Waals surface area contributed by atoms with Gasteiger partial charge >= 0.3 is 0 Å². The lowest BCUT2D eigenvalue weighted by molar-refractivity contribution is 0.315. The highest BCUT2D eigenvalue weighted by Crippen LogP contribution is 2.13. The first-order valence-corrected chi connectivity index (χ1v) is 7.43. The number of rotatable bonds is 6. The van der Waals surface area contributed by atoms with Crippen molar-refractivity contribution in [2.24, 2.45) is 5.73 Å². The maximum atomic E-state index is 5.54. The molecule has 4 heteroatoms. The Hall–Kier alpha value is -1.23. The third-order valence-corrected chi connectivity index (χ3v) is 3.92. The molecule has 102 valence electrons. The van der Waals surface area contributed by atoms with Gasteiger partial charge < -0.3 is 5.73 Å². The fraction of sp³-hybridized carbons (Fsp3) is 0.400. The monoisotopic (exact) mass is 275 g/mol. The van der Waals surface area contributed by atoms with Crippen LogP contribution >= 0.6 is 11.3 Å². The molecule has 0 aliphatic carbocycles. The van der Waals surface area contributed by atoms with Gasteiger partial charge in [0.05, 0.1) is 10.7 Å². The molecule has 2 rings (SSSR count). The Morgan fingerprint density at radius 2 is 1.95 bits per heavy atom. The van der Waals surface area contributed by atoms with E-state index in [2.05, 4.69) is 53.5 Å². The molecule has 1 heterocycles. The van der Waals surface area contributed by atoms with Gasteiger partial charge in [-0.3, -0.25) is 4.90 Å². The van der Waals surface area contributed by atoms with Crippen LogP contribution in [0.5, 0.6) is 0 Å². The largest absolute Gasteiger partial charge is 0.330 e. The zero-order valence-electron chi connectivity index (χ0n) is 11.6. The minimum atomic E-state index is 0.673. The highest BCUT2D eigenvalue weighted by molar-refractivity contribution is 7.09. The first-order valence-electron chi connectivity index (χ1n) is 6.55. The van der Waals surface area contributed by atoms with Gasteiger partial charge in [0.25, 0.3) is 0 Å². The van der Waals surface area contributed by atoms with E-state index in [0.29, 0.717) is 6.54 Å². The van der Waals surface area contributed by atoms with Crippen LogP contribution in [-0.2, 0) is 19.5 Å². The summed E-state index contributed by atoms with van der Waals surface area (Å²) in [5, 5.41) is 3.28. The van der Waals surface area contributed by atoms with Crippen LogP contribution in [0.15, 0.2) is 29.6 Å². The number of benzene rings is 1. The molecule has 0 amide bonds. The minimum absolute atomic E-state index is 0.673. The summed E-state index contributed by atoms with van der Waals surface area (Å²) in [6.07, 6.45) is 0.881. The molecule has 0 unspecified atom stereocenters. The van der Waals surface area contributed by atoms with Crippen molar-refractivity contribution in [1.29, 1.82) is 0 Å². The number of hydrogen-bond acceptors (Lipinski definition) is 4. The topological polar surface area (TPSA) is 42.1 Å². The summed E-state index contributed by atoms with van der Waals surface area (Å²) in [6, 6.07) is 8.69. The summed E-state index contributed by atoms with van der Waals surface area (Å²) in [6.45, 7) is 4.62. The Labute approximate surface area is 119 Å². The Bertz CT molecular complexity index is 504. The standard InChI is InChI=1S/C15H21N3S/c1-12-3-5-13(6-4-12)9-18(2)10-14-11-19-15(17-14)7-8-16/h3-6,11H,7-10,16H2,1-2H3. The Balaban J connectivity index is 1.89. The van der Waals surface area contributed by atoms with E-state index in [4.69, 9.17) is 5.73 Å². The lowest BCUT2D eigenvalue weighted by Crippen LogP contribution is -2.17. The summed E-state index contributed by atoms with van der Waals surface area (Å²) in [7, 11) is 2.13. The molecule has 0 spiro atoms. The smallest absolute Gasteiger partial charge is 0.0941 e. The number of nitrogens with zero attached hydrogens (tertiary/aromatic N) is 2. The quantitative estimate of drug-likeness (QED) is 0.881. The molecular weight excluding hydrogens is 254 g/mol. The van der Waals surface area contributed by atoms with Gasteiger partial charge in [0.2, 0.25) is 0 Å². The lowest BCUT2D eigenvalue weighted by Gasteiger charge is -2.15. The van der Waals surface area contributed by atoms with E-state index in [1.165, 1.54) is 11.1 Å². The molecule has 1 aromatic heterocycles. The first kappa shape index (κ1) is 14.2. The van der Waals surface area contributed by atoms with E-state index in [0.717, 1.165) is 30.2 Å². The van der Waals surface area contributed by atoms with Crippen molar-refractivity contribution in [1.82, 2.24) is 9.88 Å². The summed E-state index contributed by atoms with van der Waals surface area (Å²) < 4.78 is 0. The number of nitrogens with two attached hydrogens (primary N) is 1. The number of thiazole rings is 1. The predicted octanol–water partition coefficient (Wildman–Crippen LogP) is 2.58. The normalized spacial score (nSPS) is 11.2. The van der Waals surface area contributed by atoms with Gasteiger partial charge in [-0.2, -0.15) is 0 Å². The maximum Gasteiger partial charge on any atom is 0.0941 e. The van der Waals surface area contributed by atoms with Crippen LogP contribution in [0.25, 0.3) is 0 Å². The van der Waals surface area contributed by atoms with E-state index < -0.39 is 0 Å². The van der Waals surface area contributed by atoms with Crippen LogP contribution in [0, 0.1) is 6.92 Å². The predicted molar refractivity (Wildman–Crippen MR) is 81.2 cm³/mol. The first-order chi connectivity index (χ1) is 9.17. The molecule has 0 bridgehead atoms. The fourth-order valence-corrected chi connectivity index (χ4v) is 2.80. The van der Waals surface area contributed by atoms with Gasteiger partial charge in [-0.1, -0.05) is 29.8 Å². The van der Waals surface area contributed by atoms with Crippen LogP contribution in [0.3, 0.4) is 0 Å². The van der Waals surface area contributed by atoms with Crippen LogP contribution in [0.4, 0.5) is 0 Å². The molecule has 2 aromatic rings. The van der Waals surface area contributed by atoms with Crippen molar-refractivity contribution < 1.29 is 0 Å². The molecule has 0 aliphatic heterocycles. The molecule has 0 radical (unpaired) electrons. The molecule has 0 aliphatic rings.